The van der Waals surface area contributed by atoms with Gasteiger partial charge in [-0.15, -0.1) is 0 Å². The maximum atomic E-state index is 10.00. The molecule has 2 rings (SSSR count). The minimum atomic E-state index is -0.801. The van der Waals surface area contributed by atoms with Crippen molar-refractivity contribution in [1.82, 2.24) is 8.75 Å². The Morgan fingerprint density at radius 3 is 2.94 bits per heavy atom. The summed E-state index contributed by atoms with van der Waals surface area (Å²) in [5.41, 5.74) is 1.20. The average Bonchev–Trinajstić information content (AvgIpc) is 2.82. The second kappa shape index (κ2) is 4.78. The van der Waals surface area contributed by atoms with Crippen LogP contribution < -0.4 is 4.74 Å². The van der Waals surface area contributed by atoms with Crippen LogP contribution in [0.15, 0.2) is 24.4 Å². The third-order valence-corrected chi connectivity index (χ3v) is 2.95. The lowest BCUT2D eigenvalue weighted by Crippen LogP contribution is -2.00. The summed E-state index contributed by atoms with van der Waals surface area (Å²) in [6.07, 6.45) is 0.737. The van der Waals surface area contributed by atoms with E-state index in [1.807, 2.05) is 0 Å². The van der Waals surface area contributed by atoms with Crippen LogP contribution in [0.5, 0.6) is 5.75 Å². The molecule has 84 valence electrons. The summed E-state index contributed by atoms with van der Waals surface area (Å²) in [4.78, 5) is 0. The summed E-state index contributed by atoms with van der Waals surface area (Å²) >= 11 is 6.95. The van der Waals surface area contributed by atoms with Crippen LogP contribution in [0.1, 0.15) is 17.4 Å². The van der Waals surface area contributed by atoms with E-state index in [9.17, 15) is 5.11 Å². The molecule has 0 radical (unpaired) electrons. The second-order valence-corrected chi connectivity index (χ2v) is 4.09. The fourth-order valence-electron chi connectivity index (χ4n) is 1.31. The van der Waals surface area contributed by atoms with Crippen molar-refractivity contribution in [3.05, 3.63) is 40.7 Å². The van der Waals surface area contributed by atoms with Crippen molar-refractivity contribution < 1.29 is 9.84 Å². The molecule has 0 fully saturated rings. The Kier molecular flexibility index (Phi) is 3.38. The van der Waals surface area contributed by atoms with Gasteiger partial charge in [0.1, 0.15) is 17.5 Å². The number of nitrogens with zero attached hydrogens (tertiary/aromatic N) is 2. The van der Waals surface area contributed by atoms with Gasteiger partial charge in [0.25, 0.3) is 0 Å². The Bertz CT molecular complexity index is 476. The molecule has 1 heterocycles. The molecule has 6 heteroatoms. The number of aromatic nitrogens is 2. The van der Waals surface area contributed by atoms with Crippen LogP contribution in [0, 0.1) is 0 Å². The van der Waals surface area contributed by atoms with E-state index in [0.717, 1.165) is 11.7 Å². The molecule has 0 aliphatic carbocycles. The van der Waals surface area contributed by atoms with Crippen LogP contribution in [-0.4, -0.2) is 21.0 Å². The number of hydrogen-bond acceptors (Lipinski definition) is 5. The molecule has 4 nitrogen and oxygen atoms in total. The number of hydrogen-bond donors (Lipinski definition) is 1. The maximum absolute atomic E-state index is 10.00. The molecule has 2 aromatic rings. The van der Waals surface area contributed by atoms with Crippen molar-refractivity contribution in [3.63, 3.8) is 0 Å². The van der Waals surface area contributed by atoms with Gasteiger partial charge in [0.15, 0.2) is 0 Å². The van der Waals surface area contributed by atoms with Crippen molar-refractivity contribution in [2.45, 2.75) is 6.10 Å². The summed E-state index contributed by atoms with van der Waals surface area (Å²) in [5.74, 6) is 0.529. The molecule has 0 aliphatic heterocycles. The van der Waals surface area contributed by atoms with Crippen LogP contribution in [0.2, 0.25) is 5.02 Å². The van der Waals surface area contributed by atoms with E-state index >= 15 is 0 Å². The lowest BCUT2D eigenvalue weighted by atomic mass is 10.1. The van der Waals surface area contributed by atoms with Gasteiger partial charge in [0.2, 0.25) is 0 Å². The highest BCUT2D eigenvalue weighted by molar-refractivity contribution is 6.99. The molecule has 0 amide bonds. The SMILES string of the molecule is COc1cc(C(O)c2cnsn2)ccc1Cl. The molecule has 1 unspecified atom stereocenters. The van der Waals surface area contributed by atoms with Gasteiger partial charge in [-0.3, -0.25) is 0 Å². The second-order valence-electron chi connectivity index (χ2n) is 3.13. The van der Waals surface area contributed by atoms with Gasteiger partial charge in [-0.25, -0.2) is 0 Å². The Morgan fingerprint density at radius 2 is 2.31 bits per heavy atom. The Balaban J connectivity index is 2.34. The van der Waals surface area contributed by atoms with E-state index in [2.05, 4.69) is 8.75 Å². The Morgan fingerprint density at radius 1 is 1.50 bits per heavy atom. The van der Waals surface area contributed by atoms with Crippen LogP contribution in [0.25, 0.3) is 0 Å². The topological polar surface area (TPSA) is 55.2 Å². The standard InChI is InChI=1S/C10H9ClN2O2S/c1-15-9-4-6(2-3-7(9)11)10(14)8-5-12-16-13-8/h2-5,10,14H,1H3. The lowest BCUT2D eigenvalue weighted by molar-refractivity contribution is 0.216. The number of rotatable bonds is 3. The van der Waals surface area contributed by atoms with Crippen molar-refractivity contribution in [3.8, 4) is 5.75 Å². The summed E-state index contributed by atoms with van der Waals surface area (Å²) in [7, 11) is 1.53. The highest BCUT2D eigenvalue weighted by Gasteiger charge is 2.14. The molecule has 0 spiro atoms. The predicted octanol–water partition coefficient (Wildman–Crippen LogP) is 2.28. The molecule has 0 saturated heterocycles. The van der Waals surface area contributed by atoms with Gasteiger partial charge in [0, 0.05) is 0 Å². The molecule has 1 aromatic heterocycles. The number of benzene rings is 1. The summed E-state index contributed by atoms with van der Waals surface area (Å²) in [6.45, 7) is 0. The first-order valence-electron chi connectivity index (χ1n) is 4.51. The number of aliphatic hydroxyl groups is 1. The summed E-state index contributed by atoms with van der Waals surface area (Å²) < 4.78 is 12.9. The first-order chi connectivity index (χ1) is 7.72. The zero-order valence-electron chi connectivity index (χ0n) is 8.42. The van der Waals surface area contributed by atoms with Gasteiger partial charge in [0.05, 0.1) is 30.1 Å². The monoisotopic (exact) mass is 256 g/mol. The number of methoxy groups -OCH3 is 1. The highest BCUT2D eigenvalue weighted by atomic mass is 35.5. The van der Waals surface area contributed by atoms with Crippen molar-refractivity contribution >= 4 is 23.3 Å². The molecule has 0 bridgehead atoms. The average molecular weight is 257 g/mol. The van der Waals surface area contributed by atoms with E-state index in [1.54, 1.807) is 18.2 Å². The Labute approximate surface area is 102 Å². The van der Waals surface area contributed by atoms with Crippen LogP contribution >= 0.6 is 23.3 Å². The van der Waals surface area contributed by atoms with Gasteiger partial charge in [-0.1, -0.05) is 17.7 Å². The van der Waals surface area contributed by atoms with Gasteiger partial charge < -0.3 is 9.84 Å². The first kappa shape index (κ1) is 11.3. The molecule has 1 aromatic carbocycles. The number of aliphatic hydroxyl groups excluding tert-OH is 1. The molecule has 1 atom stereocenters. The largest absolute Gasteiger partial charge is 0.495 e. The van der Waals surface area contributed by atoms with E-state index in [4.69, 9.17) is 16.3 Å². The van der Waals surface area contributed by atoms with E-state index < -0.39 is 6.10 Å². The predicted molar refractivity (Wildman–Crippen MR) is 62.0 cm³/mol. The lowest BCUT2D eigenvalue weighted by Gasteiger charge is -2.10. The fraction of sp³-hybridized carbons (Fsp3) is 0.200. The summed E-state index contributed by atoms with van der Waals surface area (Å²) in [6, 6.07) is 5.10. The fourth-order valence-corrected chi connectivity index (χ4v) is 1.95. The molecular weight excluding hydrogens is 248 g/mol. The molecule has 0 saturated carbocycles. The zero-order chi connectivity index (χ0) is 11.5. The normalized spacial score (nSPS) is 12.4. The smallest absolute Gasteiger partial charge is 0.137 e. The number of halogens is 1. The first-order valence-corrected chi connectivity index (χ1v) is 5.62. The minimum absolute atomic E-state index is 0.509. The van der Waals surface area contributed by atoms with Crippen molar-refractivity contribution in [2.24, 2.45) is 0 Å². The Hall–Kier alpha value is -1.17. The van der Waals surface area contributed by atoms with Gasteiger partial charge in [-0.2, -0.15) is 8.75 Å². The molecule has 16 heavy (non-hydrogen) atoms. The third kappa shape index (κ3) is 2.16. The molecule has 1 N–H and O–H groups in total. The third-order valence-electron chi connectivity index (χ3n) is 2.15. The maximum Gasteiger partial charge on any atom is 0.137 e. The summed E-state index contributed by atoms with van der Waals surface area (Å²) in [5, 5.41) is 10.5. The van der Waals surface area contributed by atoms with Crippen molar-refractivity contribution in [2.75, 3.05) is 7.11 Å². The molecule has 0 aliphatic rings. The minimum Gasteiger partial charge on any atom is -0.495 e. The van der Waals surface area contributed by atoms with Crippen LogP contribution in [0.3, 0.4) is 0 Å². The van der Waals surface area contributed by atoms with Crippen molar-refractivity contribution in [1.29, 1.82) is 0 Å². The molecular formula is C10H9ClN2O2S. The number of ether oxygens (including phenoxy) is 1. The van der Waals surface area contributed by atoms with E-state index in [-0.39, 0.29) is 0 Å². The van der Waals surface area contributed by atoms with Crippen LogP contribution in [-0.2, 0) is 0 Å². The van der Waals surface area contributed by atoms with Gasteiger partial charge in [-0.05, 0) is 17.7 Å². The van der Waals surface area contributed by atoms with Crippen LogP contribution in [0.4, 0.5) is 0 Å². The van der Waals surface area contributed by atoms with E-state index in [0.29, 0.717) is 22.0 Å². The highest BCUT2D eigenvalue weighted by Crippen LogP contribution is 2.29. The quantitative estimate of drug-likeness (QED) is 0.915. The zero-order valence-corrected chi connectivity index (χ0v) is 10.00. The van der Waals surface area contributed by atoms with Gasteiger partial charge >= 0.3 is 0 Å². The van der Waals surface area contributed by atoms with E-state index in [1.165, 1.54) is 13.3 Å².